The molecule has 0 saturated heterocycles. The Balaban J connectivity index is 5.39. The number of carboxylic acid groups (broad SMARTS) is 2. The average Bonchev–Trinajstić information content (AvgIpc) is 2.82. The highest BCUT2D eigenvalue weighted by atomic mass is 32.2. The van der Waals surface area contributed by atoms with Gasteiger partial charge in [-0.25, -0.2) is 4.79 Å². The highest BCUT2D eigenvalue weighted by molar-refractivity contribution is 7.98. The number of carboxylic acids is 2. The van der Waals surface area contributed by atoms with Gasteiger partial charge in [0, 0.05) is 6.54 Å². The van der Waals surface area contributed by atoms with Crippen LogP contribution in [0.15, 0.2) is 4.99 Å². The lowest BCUT2D eigenvalue weighted by Gasteiger charge is -2.24. The van der Waals surface area contributed by atoms with E-state index in [-0.39, 0.29) is 31.8 Å². The Bertz CT molecular complexity index is 795. The summed E-state index contributed by atoms with van der Waals surface area (Å²) in [4.78, 5) is 64.8. The van der Waals surface area contributed by atoms with Gasteiger partial charge in [-0.15, -0.1) is 0 Å². The molecule has 212 valence electrons. The third kappa shape index (κ3) is 15.6. The number of nitrogens with one attached hydrogen (secondary N) is 3. The third-order valence-electron chi connectivity index (χ3n) is 5.12. The summed E-state index contributed by atoms with van der Waals surface area (Å²) in [7, 11) is 0. The standard InChI is InChI=1S/C21H40N8O7S/c1-37-10-7-13(18(33)28-14(20(35)36)6-4-9-26-21(24)25)27-19(34)15(11-16(30)31)29-17(32)12(23)5-2-3-8-22/h12-15H,2-11,22-23H2,1H3,(H,27,34)(H,28,33)(H,29,32)(H,30,31)(H,35,36)(H4,24,25,26). The van der Waals surface area contributed by atoms with Crippen LogP contribution in [0.2, 0.25) is 0 Å². The zero-order chi connectivity index (χ0) is 28.4. The van der Waals surface area contributed by atoms with Gasteiger partial charge < -0.3 is 49.1 Å². The summed E-state index contributed by atoms with van der Waals surface area (Å²) in [6, 6.07) is -4.91. The van der Waals surface area contributed by atoms with Crippen LogP contribution in [0.5, 0.6) is 0 Å². The molecule has 0 radical (unpaired) electrons. The molecule has 4 atom stereocenters. The lowest BCUT2D eigenvalue weighted by atomic mass is 10.1. The van der Waals surface area contributed by atoms with E-state index in [0.29, 0.717) is 31.6 Å². The SMILES string of the molecule is CSCCC(NC(=O)C(CC(=O)O)NC(=O)C(N)CCCCN)C(=O)NC(CCCN=C(N)N)C(=O)O. The van der Waals surface area contributed by atoms with Crippen LogP contribution < -0.4 is 38.9 Å². The van der Waals surface area contributed by atoms with Crippen LogP contribution in [0, 0.1) is 0 Å². The topological polar surface area (TPSA) is 278 Å². The summed E-state index contributed by atoms with van der Waals surface area (Å²) >= 11 is 1.39. The number of carbonyl (C=O) groups is 5. The molecule has 0 aliphatic rings. The number of thioether (sulfide) groups is 1. The van der Waals surface area contributed by atoms with Gasteiger partial charge in [0.1, 0.15) is 18.1 Å². The van der Waals surface area contributed by atoms with Gasteiger partial charge in [-0.05, 0) is 50.7 Å². The van der Waals surface area contributed by atoms with Gasteiger partial charge in [0.25, 0.3) is 0 Å². The normalized spacial score (nSPS) is 13.9. The Hall–Kier alpha value is -3.11. The summed E-state index contributed by atoms with van der Waals surface area (Å²) in [6.07, 6.45) is 2.99. The van der Waals surface area contributed by atoms with E-state index in [2.05, 4.69) is 20.9 Å². The summed E-state index contributed by atoms with van der Waals surface area (Å²) < 4.78 is 0. The van der Waals surface area contributed by atoms with Crippen molar-refractivity contribution in [2.24, 2.45) is 27.9 Å². The molecule has 4 unspecified atom stereocenters. The molecule has 0 rings (SSSR count). The van der Waals surface area contributed by atoms with Crippen LogP contribution >= 0.6 is 11.8 Å². The van der Waals surface area contributed by atoms with E-state index in [9.17, 15) is 34.2 Å². The predicted molar refractivity (Wildman–Crippen MR) is 139 cm³/mol. The quantitative estimate of drug-likeness (QED) is 0.0425. The Morgan fingerprint density at radius 2 is 1.43 bits per heavy atom. The monoisotopic (exact) mass is 548 g/mol. The predicted octanol–water partition coefficient (Wildman–Crippen LogP) is -2.74. The highest BCUT2D eigenvalue weighted by Gasteiger charge is 2.31. The number of nitrogens with zero attached hydrogens (tertiary/aromatic N) is 1. The maximum atomic E-state index is 12.9. The molecule has 0 fully saturated rings. The van der Waals surface area contributed by atoms with Crippen molar-refractivity contribution in [1.29, 1.82) is 0 Å². The smallest absolute Gasteiger partial charge is 0.326 e. The van der Waals surface area contributed by atoms with Crippen molar-refractivity contribution in [1.82, 2.24) is 16.0 Å². The highest BCUT2D eigenvalue weighted by Crippen LogP contribution is 2.06. The Morgan fingerprint density at radius 1 is 0.838 bits per heavy atom. The first kappa shape index (κ1) is 33.9. The summed E-state index contributed by atoms with van der Waals surface area (Å²) in [6.45, 7) is 0.594. The second-order valence-electron chi connectivity index (χ2n) is 8.24. The van der Waals surface area contributed by atoms with Crippen molar-refractivity contribution >= 4 is 47.4 Å². The van der Waals surface area contributed by atoms with Crippen LogP contribution in [0.3, 0.4) is 0 Å². The number of aliphatic carboxylic acids is 2. The number of guanidine groups is 1. The molecule has 16 heteroatoms. The molecule has 0 aromatic rings. The van der Waals surface area contributed by atoms with E-state index >= 15 is 0 Å². The first-order valence-electron chi connectivity index (χ1n) is 11.8. The van der Waals surface area contributed by atoms with Crippen molar-refractivity contribution in [3.05, 3.63) is 0 Å². The Morgan fingerprint density at radius 3 is 1.97 bits per heavy atom. The minimum atomic E-state index is -1.50. The lowest BCUT2D eigenvalue weighted by Crippen LogP contribution is -2.57. The van der Waals surface area contributed by atoms with Crippen LogP contribution in [0.1, 0.15) is 44.9 Å². The Labute approximate surface area is 219 Å². The second kappa shape index (κ2) is 19.1. The van der Waals surface area contributed by atoms with Gasteiger partial charge in [0.05, 0.1) is 12.5 Å². The molecule has 0 heterocycles. The first-order valence-corrected chi connectivity index (χ1v) is 13.2. The molecule has 0 aliphatic heterocycles. The fraction of sp³-hybridized carbons (Fsp3) is 0.714. The average molecular weight is 549 g/mol. The molecule has 0 aromatic heterocycles. The number of amides is 3. The molecule has 0 aromatic carbocycles. The number of aliphatic imine (C=N–C) groups is 1. The van der Waals surface area contributed by atoms with E-state index in [1.165, 1.54) is 11.8 Å². The minimum Gasteiger partial charge on any atom is -0.481 e. The number of hydrogen-bond acceptors (Lipinski definition) is 9. The maximum Gasteiger partial charge on any atom is 0.326 e. The molecule has 0 bridgehead atoms. The van der Waals surface area contributed by atoms with Crippen LogP contribution in [0.4, 0.5) is 0 Å². The fourth-order valence-electron chi connectivity index (χ4n) is 3.11. The Kier molecular flexibility index (Phi) is 17.5. The number of hydrogen-bond donors (Lipinski definition) is 9. The van der Waals surface area contributed by atoms with Crippen molar-refractivity contribution in [3.8, 4) is 0 Å². The van der Waals surface area contributed by atoms with Crippen molar-refractivity contribution in [3.63, 3.8) is 0 Å². The zero-order valence-corrected chi connectivity index (χ0v) is 21.8. The van der Waals surface area contributed by atoms with Crippen molar-refractivity contribution in [2.75, 3.05) is 25.1 Å². The molecule has 13 N–H and O–H groups in total. The van der Waals surface area contributed by atoms with Gasteiger partial charge in [-0.3, -0.25) is 24.2 Å². The number of unbranched alkanes of at least 4 members (excludes halogenated alkanes) is 1. The van der Waals surface area contributed by atoms with E-state index in [1.807, 2.05) is 0 Å². The third-order valence-corrected chi connectivity index (χ3v) is 5.77. The van der Waals surface area contributed by atoms with Crippen LogP contribution in [-0.4, -0.2) is 95.1 Å². The molecule has 0 spiro atoms. The van der Waals surface area contributed by atoms with Gasteiger partial charge in [0.15, 0.2) is 5.96 Å². The van der Waals surface area contributed by atoms with Gasteiger partial charge in [0.2, 0.25) is 17.7 Å². The van der Waals surface area contributed by atoms with Crippen molar-refractivity contribution < 1.29 is 34.2 Å². The molecule has 0 saturated carbocycles. The first-order chi connectivity index (χ1) is 17.4. The summed E-state index contributed by atoms with van der Waals surface area (Å²) in [5.41, 5.74) is 21.7. The number of nitrogens with two attached hydrogens (primary N) is 4. The largest absolute Gasteiger partial charge is 0.481 e. The minimum absolute atomic E-state index is 0.0286. The van der Waals surface area contributed by atoms with Crippen LogP contribution in [-0.2, 0) is 24.0 Å². The number of rotatable bonds is 20. The van der Waals surface area contributed by atoms with Gasteiger partial charge in [-0.2, -0.15) is 11.8 Å². The van der Waals surface area contributed by atoms with Crippen LogP contribution in [0.25, 0.3) is 0 Å². The molecular weight excluding hydrogens is 508 g/mol. The van der Waals surface area contributed by atoms with E-state index in [4.69, 9.17) is 22.9 Å². The van der Waals surface area contributed by atoms with E-state index in [0.717, 1.165) is 0 Å². The lowest BCUT2D eigenvalue weighted by molar-refractivity contribution is -0.143. The maximum absolute atomic E-state index is 12.9. The van der Waals surface area contributed by atoms with Crippen molar-refractivity contribution in [2.45, 2.75) is 69.1 Å². The molecule has 15 nitrogen and oxygen atoms in total. The second-order valence-corrected chi connectivity index (χ2v) is 9.23. The molecule has 37 heavy (non-hydrogen) atoms. The molecule has 3 amide bonds. The van der Waals surface area contributed by atoms with Gasteiger partial charge >= 0.3 is 11.9 Å². The fourth-order valence-corrected chi connectivity index (χ4v) is 3.58. The van der Waals surface area contributed by atoms with E-state index in [1.54, 1.807) is 6.26 Å². The molecular formula is C21H40N8O7S. The zero-order valence-electron chi connectivity index (χ0n) is 21.0. The van der Waals surface area contributed by atoms with Gasteiger partial charge in [-0.1, -0.05) is 6.42 Å². The summed E-state index contributed by atoms with van der Waals surface area (Å²) in [5, 5.41) is 25.8. The number of carbonyl (C=O) groups excluding carboxylic acids is 3. The van der Waals surface area contributed by atoms with E-state index < -0.39 is 60.2 Å². The summed E-state index contributed by atoms with van der Waals surface area (Å²) in [5.74, 6) is -4.74. The molecule has 0 aliphatic carbocycles.